The number of rotatable bonds is 4. The Hall–Kier alpha value is -2.83. The molecule has 1 saturated carbocycles. The summed E-state index contributed by atoms with van der Waals surface area (Å²) in [6.45, 7) is 3.67. The number of nitrogens with zero attached hydrogens (tertiary/aromatic N) is 2. The van der Waals surface area contributed by atoms with E-state index in [4.69, 9.17) is 4.74 Å². The van der Waals surface area contributed by atoms with E-state index in [1.165, 1.54) is 0 Å². The monoisotopic (exact) mass is 382 g/mol. The summed E-state index contributed by atoms with van der Waals surface area (Å²) in [7, 11) is 0. The summed E-state index contributed by atoms with van der Waals surface area (Å²) in [5.41, 5.74) is 1.13. The molecule has 28 heavy (non-hydrogen) atoms. The third-order valence-corrected chi connectivity index (χ3v) is 5.71. The number of carbonyl (C=O) groups is 2. The van der Waals surface area contributed by atoms with Crippen LogP contribution in [0.1, 0.15) is 41.7 Å². The summed E-state index contributed by atoms with van der Waals surface area (Å²) in [4.78, 5) is 24.8. The molecule has 2 amide bonds. The largest absolute Gasteiger partial charge is 0.485 e. The number of hydrogen-bond acceptors (Lipinski definition) is 4. The first-order valence-electron chi connectivity index (χ1n) is 9.89. The van der Waals surface area contributed by atoms with Gasteiger partial charge >= 0.3 is 0 Å². The molecule has 2 aliphatic rings. The molecule has 7 heteroatoms. The van der Waals surface area contributed by atoms with E-state index in [0.717, 1.165) is 31.4 Å². The highest BCUT2D eigenvalue weighted by Crippen LogP contribution is 2.38. The minimum absolute atomic E-state index is 0.0113. The zero-order valence-electron chi connectivity index (χ0n) is 16.1. The van der Waals surface area contributed by atoms with Gasteiger partial charge in [0.2, 0.25) is 5.91 Å². The van der Waals surface area contributed by atoms with Crippen LogP contribution in [-0.2, 0) is 11.3 Å². The lowest BCUT2D eigenvalue weighted by molar-refractivity contribution is -0.127. The van der Waals surface area contributed by atoms with Gasteiger partial charge in [-0.25, -0.2) is 0 Å². The Balaban J connectivity index is 1.31. The van der Waals surface area contributed by atoms with E-state index in [1.54, 1.807) is 6.07 Å². The molecule has 2 aromatic rings. The Morgan fingerprint density at radius 3 is 2.86 bits per heavy atom. The van der Waals surface area contributed by atoms with Gasteiger partial charge in [-0.05, 0) is 50.8 Å². The van der Waals surface area contributed by atoms with Crippen LogP contribution in [0.15, 0.2) is 36.5 Å². The van der Waals surface area contributed by atoms with Crippen LogP contribution in [-0.4, -0.2) is 40.3 Å². The quantitative estimate of drug-likeness (QED) is 0.848. The Morgan fingerprint density at radius 1 is 1.32 bits per heavy atom. The van der Waals surface area contributed by atoms with Gasteiger partial charge < -0.3 is 15.4 Å². The Labute approximate surface area is 164 Å². The van der Waals surface area contributed by atoms with Gasteiger partial charge in [0.1, 0.15) is 11.4 Å². The summed E-state index contributed by atoms with van der Waals surface area (Å²) < 4.78 is 8.14. The van der Waals surface area contributed by atoms with Crippen molar-refractivity contribution in [2.45, 2.75) is 44.8 Å². The van der Waals surface area contributed by atoms with Crippen LogP contribution in [0.25, 0.3) is 0 Å². The maximum atomic E-state index is 12.5. The predicted molar refractivity (Wildman–Crippen MR) is 104 cm³/mol. The molecule has 2 N–H and O–H groups in total. The van der Waals surface area contributed by atoms with E-state index < -0.39 is 5.60 Å². The SMILES string of the molecule is Cc1ccn(CCNC(=O)C2CCC3(CC2)CNC(=O)c2ccccc2O3)n1. The Morgan fingerprint density at radius 2 is 2.11 bits per heavy atom. The number of benzene rings is 1. The zero-order valence-corrected chi connectivity index (χ0v) is 16.1. The van der Waals surface area contributed by atoms with Gasteiger partial charge in [0.05, 0.1) is 24.3 Å². The van der Waals surface area contributed by atoms with Crippen LogP contribution in [0.2, 0.25) is 0 Å². The number of aromatic nitrogens is 2. The lowest BCUT2D eigenvalue weighted by Crippen LogP contribution is -2.49. The summed E-state index contributed by atoms with van der Waals surface area (Å²) in [6.07, 6.45) is 4.92. The fourth-order valence-corrected chi connectivity index (χ4v) is 4.06. The van der Waals surface area contributed by atoms with Crippen LogP contribution < -0.4 is 15.4 Å². The highest BCUT2D eigenvalue weighted by molar-refractivity contribution is 5.97. The lowest BCUT2D eigenvalue weighted by Gasteiger charge is -2.39. The Bertz CT molecular complexity index is 868. The van der Waals surface area contributed by atoms with Crippen LogP contribution in [0.5, 0.6) is 5.75 Å². The van der Waals surface area contributed by atoms with Crippen molar-refractivity contribution in [2.24, 2.45) is 5.92 Å². The normalized spacial score (nSPS) is 24.0. The van der Waals surface area contributed by atoms with E-state index in [9.17, 15) is 9.59 Å². The minimum Gasteiger partial charge on any atom is -0.485 e. The van der Waals surface area contributed by atoms with Gasteiger partial charge in [0.15, 0.2) is 0 Å². The molecule has 0 unspecified atom stereocenters. The molecule has 0 bridgehead atoms. The molecule has 148 valence electrons. The van der Waals surface area contributed by atoms with E-state index >= 15 is 0 Å². The van der Waals surface area contributed by atoms with Gasteiger partial charge in [-0.15, -0.1) is 0 Å². The maximum Gasteiger partial charge on any atom is 0.255 e. The second-order valence-corrected chi connectivity index (χ2v) is 7.75. The summed E-state index contributed by atoms with van der Waals surface area (Å²) >= 11 is 0. The fraction of sp³-hybridized carbons (Fsp3) is 0.476. The minimum atomic E-state index is -0.425. The summed E-state index contributed by atoms with van der Waals surface area (Å²) in [5.74, 6) is 0.621. The molecule has 7 nitrogen and oxygen atoms in total. The highest BCUT2D eigenvalue weighted by Gasteiger charge is 2.41. The Kier molecular flexibility index (Phi) is 5.07. The molecule has 1 aliphatic carbocycles. The third-order valence-electron chi connectivity index (χ3n) is 5.71. The first-order valence-corrected chi connectivity index (χ1v) is 9.89. The first kappa shape index (κ1) is 18.5. The number of hydrogen-bond donors (Lipinski definition) is 2. The molecule has 0 atom stereocenters. The molecule has 1 spiro atoms. The molecular formula is C21H26N4O3. The standard InChI is InChI=1S/C21H26N4O3/c1-15-8-12-25(24-15)13-11-22-19(26)16-6-9-21(10-7-16)14-23-20(27)17-4-2-3-5-18(17)28-21/h2-5,8,12,16H,6-7,9-11,13-14H2,1H3,(H,22,26)(H,23,27). The van der Waals surface area contributed by atoms with Crippen molar-refractivity contribution >= 4 is 11.8 Å². The van der Waals surface area contributed by atoms with Crippen molar-refractivity contribution in [1.29, 1.82) is 0 Å². The first-order chi connectivity index (χ1) is 13.5. The van der Waals surface area contributed by atoms with Crippen molar-refractivity contribution in [3.05, 3.63) is 47.8 Å². The number of nitrogens with one attached hydrogen (secondary N) is 2. The summed E-state index contributed by atoms with van der Waals surface area (Å²) in [6, 6.07) is 9.30. The average Bonchev–Trinajstić information content (AvgIpc) is 3.06. The molecular weight excluding hydrogens is 356 g/mol. The number of para-hydroxylation sites is 1. The zero-order chi connectivity index (χ0) is 19.6. The van der Waals surface area contributed by atoms with E-state index in [0.29, 0.717) is 30.9 Å². The fourth-order valence-electron chi connectivity index (χ4n) is 4.06. The molecule has 1 aromatic heterocycles. The van der Waals surface area contributed by atoms with Gasteiger partial charge in [-0.2, -0.15) is 5.10 Å². The lowest BCUT2D eigenvalue weighted by atomic mass is 9.78. The molecule has 1 aliphatic heterocycles. The number of carbonyl (C=O) groups excluding carboxylic acids is 2. The number of amides is 2. The van der Waals surface area contributed by atoms with E-state index in [2.05, 4.69) is 15.7 Å². The summed E-state index contributed by atoms with van der Waals surface area (Å²) in [5, 5.41) is 10.3. The highest BCUT2D eigenvalue weighted by atomic mass is 16.5. The third kappa shape index (κ3) is 3.88. The number of aryl methyl sites for hydroxylation is 1. The molecule has 1 aromatic carbocycles. The average molecular weight is 382 g/mol. The molecule has 0 saturated heterocycles. The molecule has 1 fully saturated rings. The van der Waals surface area contributed by atoms with E-state index in [1.807, 2.05) is 42.1 Å². The predicted octanol–water partition coefficient (Wildman–Crippen LogP) is 2.06. The molecule has 2 heterocycles. The molecule has 0 radical (unpaired) electrons. The van der Waals surface area contributed by atoms with Gasteiger partial charge in [0.25, 0.3) is 5.91 Å². The van der Waals surface area contributed by atoms with Crippen LogP contribution in [0.3, 0.4) is 0 Å². The topological polar surface area (TPSA) is 85.2 Å². The van der Waals surface area contributed by atoms with E-state index in [-0.39, 0.29) is 17.7 Å². The van der Waals surface area contributed by atoms with Crippen molar-refractivity contribution in [1.82, 2.24) is 20.4 Å². The second kappa shape index (κ2) is 7.66. The van der Waals surface area contributed by atoms with Crippen molar-refractivity contribution < 1.29 is 14.3 Å². The van der Waals surface area contributed by atoms with Crippen molar-refractivity contribution in [3.8, 4) is 5.75 Å². The van der Waals surface area contributed by atoms with Crippen LogP contribution >= 0.6 is 0 Å². The smallest absolute Gasteiger partial charge is 0.255 e. The van der Waals surface area contributed by atoms with Gasteiger partial charge in [0, 0.05) is 18.7 Å². The van der Waals surface area contributed by atoms with Gasteiger partial charge in [-0.3, -0.25) is 14.3 Å². The van der Waals surface area contributed by atoms with Crippen LogP contribution in [0.4, 0.5) is 0 Å². The number of fused-ring (bicyclic) bond motifs is 1. The van der Waals surface area contributed by atoms with Crippen molar-refractivity contribution in [3.63, 3.8) is 0 Å². The molecule has 4 rings (SSSR count). The number of ether oxygens (including phenoxy) is 1. The second-order valence-electron chi connectivity index (χ2n) is 7.75. The van der Waals surface area contributed by atoms with Crippen LogP contribution in [0, 0.1) is 12.8 Å². The maximum absolute atomic E-state index is 12.5. The van der Waals surface area contributed by atoms with Crippen molar-refractivity contribution in [2.75, 3.05) is 13.1 Å². The van der Waals surface area contributed by atoms with Gasteiger partial charge in [-0.1, -0.05) is 12.1 Å².